The molecule has 0 heterocycles. The summed E-state index contributed by atoms with van der Waals surface area (Å²) in [5.74, 6) is 0. The van der Waals surface area contributed by atoms with Gasteiger partial charge >= 0.3 is 0 Å². The van der Waals surface area contributed by atoms with Crippen LogP contribution in [0, 0.1) is 0 Å². The lowest BCUT2D eigenvalue weighted by Gasteiger charge is -2.40. The second-order valence-corrected chi connectivity index (χ2v) is 10.0. The maximum absolute atomic E-state index is 6.75. The molecule has 2 N–H and O–H groups in total. The molecule has 0 saturated carbocycles. The van der Waals surface area contributed by atoms with Gasteiger partial charge in [-0.05, 0) is 27.8 Å². The van der Waals surface area contributed by atoms with Crippen LogP contribution in [-0.2, 0) is 45.4 Å². The van der Waals surface area contributed by atoms with E-state index in [1.165, 1.54) is 0 Å². The molecule has 40 heavy (non-hydrogen) atoms. The number of nitrogens with two attached hydrogens (primary N) is 1. The highest BCUT2D eigenvalue weighted by atomic mass is 16.6. The van der Waals surface area contributed by atoms with Crippen LogP contribution in [0.5, 0.6) is 0 Å². The summed E-state index contributed by atoms with van der Waals surface area (Å²) >= 11 is 0. The zero-order chi connectivity index (χ0) is 27.4. The Morgan fingerprint density at radius 3 is 1.32 bits per heavy atom. The van der Waals surface area contributed by atoms with Crippen LogP contribution in [0.2, 0.25) is 0 Å². The van der Waals surface area contributed by atoms with Crippen molar-refractivity contribution >= 4 is 0 Å². The molecular formula is C35H37NO4. The van der Waals surface area contributed by atoms with Gasteiger partial charge in [-0.1, -0.05) is 127 Å². The van der Waals surface area contributed by atoms with Gasteiger partial charge in [-0.15, -0.1) is 0 Å². The van der Waals surface area contributed by atoms with Crippen molar-refractivity contribution in [3.05, 3.63) is 155 Å². The van der Waals surface area contributed by atoms with Crippen LogP contribution in [0.4, 0.5) is 0 Å². The number of ether oxygens (including phenoxy) is 4. The summed E-state index contributed by atoms with van der Waals surface area (Å²) < 4.78 is 25.9. The first-order chi connectivity index (χ1) is 19.8. The average molecular weight is 536 g/mol. The maximum atomic E-state index is 6.75. The Morgan fingerprint density at radius 1 is 0.450 bits per heavy atom. The summed E-state index contributed by atoms with van der Waals surface area (Å²) in [5.41, 5.74) is 12.1. The van der Waals surface area contributed by atoms with E-state index >= 15 is 0 Å². The van der Waals surface area contributed by atoms with Gasteiger partial charge in [-0.2, -0.15) is 0 Å². The molecule has 0 aliphatic heterocycles. The summed E-state index contributed by atoms with van der Waals surface area (Å²) in [6.45, 7) is 2.19. The van der Waals surface area contributed by atoms with E-state index < -0.39 is 12.2 Å². The Balaban J connectivity index is 1.38. The highest BCUT2D eigenvalue weighted by molar-refractivity contribution is 5.24. The molecule has 1 aliphatic rings. The summed E-state index contributed by atoms with van der Waals surface area (Å²) in [6.07, 6.45) is 0.824. The third kappa shape index (κ3) is 7.98. The van der Waals surface area contributed by atoms with E-state index in [0.29, 0.717) is 33.0 Å². The van der Waals surface area contributed by atoms with Crippen molar-refractivity contribution in [2.24, 2.45) is 5.73 Å². The molecule has 4 aromatic carbocycles. The molecule has 5 heteroatoms. The van der Waals surface area contributed by atoms with E-state index in [0.717, 1.165) is 27.8 Å². The Morgan fingerprint density at radius 2 is 0.850 bits per heavy atom. The molecular weight excluding hydrogens is 498 g/mol. The lowest BCUT2D eigenvalue weighted by atomic mass is 9.88. The number of benzene rings is 4. The monoisotopic (exact) mass is 535 g/mol. The largest absolute Gasteiger partial charge is 0.372 e. The Labute approximate surface area is 237 Å². The highest BCUT2D eigenvalue weighted by Gasteiger charge is 2.41. The van der Waals surface area contributed by atoms with E-state index in [1.54, 1.807) is 0 Å². The van der Waals surface area contributed by atoms with Crippen LogP contribution in [-0.4, -0.2) is 31.0 Å². The summed E-state index contributed by atoms with van der Waals surface area (Å²) in [4.78, 5) is 0. The molecule has 1 aliphatic carbocycles. The van der Waals surface area contributed by atoms with Crippen LogP contribution in [0.3, 0.4) is 0 Å². The van der Waals surface area contributed by atoms with Gasteiger partial charge in [0.2, 0.25) is 0 Å². The fraction of sp³-hybridized carbons (Fsp3) is 0.257. The molecule has 206 valence electrons. The van der Waals surface area contributed by atoms with Gasteiger partial charge in [0, 0.05) is 0 Å². The van der Waals surface area contributed by atoms with E-state index in [9.17, 15) is 0 Å². The second-order valence-electron chi connectivity index (χ2n) is 10.0. The van der Waals surface area contributed by atoms with Crippen molar-refractivity contribution in [1.29, 1.82) is 0 Å². The lowest BCUT2D eigenvalue weighted by molar-refractivity contribution is -0.151. The first-order valence-corrected chi connectivity index (χ1v) is 13.8. The van der Waals surface area contributed by atoms with Crippen molar-refractivity contribution < 1.29 is 18.9 Å². The minimum atomic E-state index is -0.428. The number of rotatable bonds is 13. The second kappa shape index (κ2) is 14.7. The predicted molar refractivity (Wildman–Crippen MR) is 157 cm³/mol. The topological polar surface area (TPSA) is 62.9 Å². The van der Waals surface area contributed by atoms with E-state index in [4.69, 9.17) is 24.7 Å². The minimum Gasteiger partial charge on any atom is -0.372 e. The van der Waals surface area contributed by atoms with Gasteiger partial charge in [0.15, 0.2) is 0 Å². The average Bonchev–Trinajstić information content (AvgIpc) is 3.01. The molecule has 0 amide bonds. The normalized spacial score (nSPS) is 20.7. The zero-order valence-corrected chi connectivity index (χ0v) is 22.7. The van der Waals surface area contributed by atoms with Crippen LogP contribution in [0.1, 0.15) is 22.3 Å². The van der Waals surface area contributed by atoms with Gasteiger partial charge in [0.25, 0.3) is 0 Å². The third-order valence-corrected chi connectivity index (χ3v) is 7.00. The van der Waals surface area contributed by atoms with E-state index in [1.807, 2.05) is 78.9 Å². The molecule has 5 rings (SSSR count). The zero-order valence-electron chi connectivity index (χ0n) is 22.7. The van der Waals surface area contributed by atoms with E-state index in [-0.39, 0.29) is 12.1 Å². The number of hydrogen-bond acceptors (Lipinski definition) is 5. The van der Waals surface area contributed by atoms with Crippen molar-refractivity contribution in [3.8, 4) is 0 Å². The molecule has 0 fully saturated rings. The maximum Gasteiger partial charge on any atom is 0.116 e. The molecule has 1 unspecified atom stereocenters. The Kier molecular flexibility index (Phi) is 10.3. The van der Waals surface area contributed by atoms with Crippen LogP contribution in [0.15, 0.2) is 133 Å². The number of hydrogen-bond donors (Lipinski definition) is 1. The Bertz CT molecular complexity index is 1300. The van der Waals surface area contributed by atoms with E-state index in [2.05, 4.69) is 48.5 Å². The van der Waals surface area contributed by atoms with Gasteiger partial charge in [-0.25, -0.2) is 0 Å². The first-order valence-electron chi connectivity index (χ1n) is 13.8. The fourth-order valence-electron chi connectivity index (χ4n) is 4.91. The molecule has 0 aromatic heterocycles. The van der Waals surface area contributed by atoms with Gasteiger partial charge < -0.3 is 24.7 Å². The van der Waals surface area contributed by atoms with Gasteiger partial charge in [0.1, 0.15) is 18.3 Å². The minimum absolute atomic E-state index is 0.378. The highest BCUT2D eigenvalue weighted by Crippen LogP contribution is 2.30. The van der Waals surface area contributed by atoms with Crippen LogP contribution >= 0.6 is 0 Å². The third-order valence-electron chi connectivity index (χ3n) is 7.00. The first kappa shape index (κ1) is 28.0. The molecule has 4 atom stereocenters. The molecule has 0 saturated heterocycles. The van der Waals surface area contributed by atoms with Gasteiger partial charge in [-0.3, -0.25) is 0 Å². The van der Waals surface area contributed by atoms with Crippen molar-refractivity contribution in [2.45, 2.75) is 50.8 Å². The van der Waals surface area contributed by atoms with Crippen LogP contribution in [0.25, 0.3) is 0 Å². The summed E-state index contributed by atoms with van der Waals surface area (Å²) in [5, 5.41) is 0. The molecule has 0 spiro atoms. The van der Waals surface area contributed by atoms with Crippen molar-refractivity contribution in [3.63, 3.8) is 0 Å². The summed E-state index contributed by atoms with van der Waals surface area (Å²) in [6, 6.07) is 40.2. The SMILES string of the molecule is NC1C=C(COCc2ccccc2)[C@H](OCc2ccccc2)[C@@H](OCc2ccccc2)[C@H]1OCc1ccccc1. The quantitative estimate of drug-likeness (QED) is 0.206. The standard InChI is InChI=1S/C35H37NO4/c36-32-21-31(26-37-22-27-13-5-1-6-14-27)33(38-23-28-15-7-2-8-16-28)35(40-25-30-19-11-4-12-20-30)34(32)39-24-29-17-9-3-10-18-29/h1-21,32-35H,22-26,36H2/t32?,33-,34-,35+/m0/s1. The summed E-state index contributed by atoms with van der Waals surface area (Å²) in [7, 11) is 0. The molecule has 4 aromatic rings. The Hall–Kier alpha value is -3.58. The van der Waals surface area contributed by atoms with Crippen molar-refractivity contribution in [1.82, 2.24) is 0 Å². The smallest absolute Gasteiger partial charge is 0.116 e. The molecule has 0 radical (unpaired) electrons. The molecule has 0 bridgehead atoms. The van der Waals surface area contributed by atoms with Crippen molar-refractivity contribution in [2.75, 3.05) is 6.61 Å². The predicted octanol–water partition coefficient (Wildman–Crippen LogP) is 6.23. The van der Waals surface area contributed by atoms with Crippen LogP contribution < -0.4 is 5.73 Å². The molecule has 5 nitrogen and oxygen atoms in total. The van der Waals surface area contributed by atoms with Gasteiger partial charge in [0.05, 0.1) is 39.1 Å². The lowest BCUT2D eigenvalue weighted by Crippen LogP contribution is -2.55. The fourth-order valence-corrected chi connectivity index (χ4v) is 4.91.